The van der Waals surface area contributed by atoms with E-state index in [1.54, 1.807) is 22.7 Å². The maximum atomic E-state index is 4.45. The molecule has 0 radical (unpaired) electrons. The number of aromatic nitrogens is 6. The van der Waals surface area contributed by atoms with Crippen molar-refractivity contribution < 1.29 is 0 Å². The van der Waals surface area contributed by atoms with Crippen molar-refractivity contribution in [1.82, 2.24) is 30.0 Å². The van der Waals surface area contributed by atoms with Crippen LogP contribution < -0.4 is 0 Å². The Labute approximate surface area is 145 Å². The van der Waals surface area contributed by atoms with Crippen molar-refractivity contribution in [3.63, 3.8) is 0 Å². The minimum Gasteiger partial charge on any atom is -0.247 e. The lowest BCUT2D eigenvalue weighted by atomic mass is 10.0. The van der Waals surface area contributed by atoms with Gasteiger partial charge in [0.2, 0.25) is 0 Å². The molecule has 0 saturated carbocycles. The second-order valence-electron chi connectivity index (χ2n) is 5.53. The molecule has 0 unspecified atom stereocenters. The molecule has 0 aliphatic rings. The zero-order valence-electron chi connectivity index (χ0n) is 13.0. The van der Waals surface area contributed by atoms with Gasteiger partial charge in [-0.3, -0.25) is 0 Å². The van der Waals surface area contributed by atoms with Crippen LogP contribution in [-0.2, 0) is 14.1 Å². The maximum absolute atomic E-state index is 4.45. The predicted molar refractivity (Wildman–Crippen MR) is 97.2 cm³/mol. The molecule has 6 nitrogen and oxygen atoms in total. The van der Waals surface area contributed by atoms with E-state index in [1.165, 1.54) is 4.88 Å². The van der Waals surface area contributed by atoms with Gasteiger partial charge in [0, 0.05) is 29.4 Å². The summed E-state index contributed by atoms with van der Waals surface area (Å²) in [6, 6.07) is 8.30. The summed E-state index contributed by atoms with van der Waals surface area (Å²) in [6.45, 7) is 0. The fourth-order valence-electron chi connectivity index (χ4n) is 3.14. The Balaban J connectivity index is 2.08. The number of benzene rings is 1. The molecule has 0 saturated heterocycles. The van der Waals surface area contributed by atoms with Gasteiger partial charge in [0.05, 0.1) is 5.56 Å². The normalized spacial score (nSPS) is 11.8. The third-order valence-electron chi connectivity index (χ3n) is 4.14. The number of hydrogen-bond acceptors (Lipinski definition) is 6. The van der Waals surface area contributed by atoms with Crippen LogP contribution in [0.2, 0.25) is 0 Å². The van der Waals surface area contributed by atoms with E-state index >= 15 is 0 Å². The number of hydrogen-bond donors (Lipinski definition) is 0. The smallest absolute Gasteiger partial charge is 0.124 e. The first-order valence-corrected chi connectivity index (χ1v) is 9.14. The Morgan fingerprint density at radius 2 is 1.25 bits per heavy atom. The molecule has 24 heavy (non-hydrogen) atoms. The summed E-state index contributed by atoms with van der Waals surface area (Å²) < 4.78 is 3.68. The second kappa shape index (κ2) is 4.96. The van der Waals surface area contributed by atoms with Gasteiger partial charge in [0.1, 0.15) is 22.1 Å². The lowest BCUT2D eigenvalue weighted by Gasteiger charge is -2.09. The Morgan fingerprint density at radius 3 is 1.71 bits per heavy atom. The first kappa shape index (κ1) is 13.8. The van der Waals surface area contributed by atoms with Crippen LogP contribution in [0, 0.1) is 0 Å². The third-order valence-corrected chi connectivity index (χ3v) is 5.91. The second-order valence-corrected chi connectivity index (χ2v) is 7.42. The van der Waals surface area contributed by atoms with Crippen LogP contribution in [0.25, 0.3) is 42.9 Å². The Kier molecular flexibility index (Phi) is 2.85. The van der Waals surface area contributed by atoms with Gasteiger partial charge < -0.3 is 0 Å². The molecule has 5 aromatic rings. The average Bonchev–Trinajstić information content (AvgIpc) is 3.34. The molecular weight excluding hydrogens is 340 g/mol. The molecule has 0 N–H and O–H groups in total. The number of fused-ring (bicyclic) bond motifs is 2. The van der Waals surface area contributed by atoms with Gasteiger partial charge in [-0.05, 0) is 22.9 Å². The van der Waals surface area contributed by atoms with Gasteiger partial charge in [0.15, 0.2) is 0 Å². The highest BCUT2D eigenvalue weighted by molar-refractivity contribution is 7.14. The minimum atomic E-state index is 0.872. The molecule has 4 heterocycles. The van der Waals surface area contributed by atoms with Gasteiger partial charge in [-0.25, -0.2) is 9.36 Å². The van der Waals surface area contributed by atoms with E-state index in [-0.39, 0.29) is 0 Å². The Hall–Kier alpha value is -2.58. The fraction of sp³-hybridized carbons (Fsp3) is 0.125. The molecule has 8 heteroatoms. The van der Waals surface area contributed by atoms with Crippen molar-refractivity contribution in [2.75, 3.05) is 0 Å². The van der Waals surface area contributed by atoms with Crippen molar-refractivity contribution >= 4 is 44.7 Å². The highest BCUT2D eigenvalue weighted by atomic mass is 32.1. The average molecular weight is 352 g/mol. The van der Waals surface area contributed by atoms with Crippen LogP contribution in [0.5, 0.6) is 0 Å². The van der Waals surface area contributed by atoms with Crippen molar-refractivity contribution in [2.24, 2.45) is 14.1 Å². The summed E-state index contributed by atoms with van der Waals surface area (Å²) >= 11 is 3.37. The van der Waals surface area contributed by atoms with Crippen LogP contribution >= 0.6 is 22.7 Å². The summed E-state index contributed by atoms with van der Waals surface area (Å²) in [5.74, 6) is 0. The summed E-state index contributed by atoms with van der Waals surface area (Å²) in [4.78, 5) is 2.29. The first-order chi connectivity index (χ1) is 11.8. The monoisotopic (exact) mass is 352 g/mol. The largest absolute Gasteiger partial charge is 0.247 e. The minimum absolute atomic E-state index is 0.872. The molecule has 0 atom stereocenters. The molecule has 0 aliphatic carbocycles. The zero-order valence-corrected chi connectivity index (χ0v) is 14.6. The molecule has 4 aromatic heterocycles. The molecule has 1 aromatic carbocycles. The first-order valence-electron chi connectivity index (χ1n) is 7.38. The van der Waals surface area contributed by atoms with Gasteiger partial charge in [0.25, 0.3) is 0 Å². The van der Waals surface area contributed by atoms with E-state index in [9.17, 15) is 0 Å². The molecule has 0 amide bonds. The number of aryl methyl sites for hydroxylation is 2. The highest BCUT2D eigenvalue weighted by Crippen LogP contribution is 2.43. The SMILES string of the molecule is Cn1nnc2c(-c3cccs3)c3nnn(C)c3c(-c3cccs3)c21. The van der Waals surface area contributed by atoms with Crippen LogP contribution in [-0.4, -0.2) is 30.0 Å². The summed E-state index contributed by atoms with van der Waals surface area (Å²) in [6.07, 6.45) is 0. The van der Waals surface area contributed by atoms with Crippen LogP contribution in [0.1, 0.15) is 0 Å². The summed E-state index contributed by atoms with van der Waals surface area (Å²) in [7, 11) is 3.86. The van der Waals surface area contributed by atoms with E-state index in [0.29, 0.717) is 0 Å². The molecule has 0 aliphatic heterocycles. The summed E-state index contributed by atoms with van der Waals surface area (Å²) in [5.41, 5.74) is 5.87. The Bertz CT molecular complexity index is 1110. The maximum Gasteiger partial charge on any atom is 0.124 e. The Morgan fingerprint density at radius 1 is 0.750 bits per heavy atom. The standard InChI is InChI=1S/C16H12N6S2/c1-21-15-12(10-6-4-8-24-10)16-14(18-20-22(16)2)11(13(15)17-19-21)9-5-3-7-23-9/h3-8H,1-2H3. The zero-order chi connectivity index (χ0) is 16.3. The van der Waals surface area contributed by atoms with Gasteiger partial charge >= 0.3 is 0 Å². The lowest BCUT2D eigenvalue weighted by molar-refractivity contribution is 0.731. The van der Waals surface area contributed by atoms with Gasteiger partial charge in [-0.15, -0.1) is 32.9 Å². The quantitative estimate of drug-likeness (QED) is 0.486. The number of rotatable bonds is 2. The molecule has 118 valence electrons. The lowest BCUT2D eigenvalue weighted by Crippen LogP contribution is -1.96. The number of nitrogens with zero attached hydrogens (tertiary/aromatic N) is 6. The van der Waals surface area contributed by atoms with Crippen molar-refractivity contribution in [3.8, 4) is 20.9 Å². The highest BCUT2D eigenvalue weighted by Gasteiger charge is 2.25. The fourth-order valence-corrected chi connectivity index (χ4v) is 4.69. The molecule has 0 fully saturated rings. The van der Waals surface area contributed by atoms with Crippen LogP contribution in [0.4, 0.5) is 0 Å². The summed E-state index contributed by atoms with van der Waals surface area (Å²) in [5, 5.41) is 21.6. The molecule has 0 spiro atoms. The number of thiophene rings is 2. The van der Waals surface area contributed by atoms with E-state index in [4.69, 9.17) is 0 Å². The van der Waals surface area contributed by atoms with Crippen molar-refractivity contribution in [2.45, 2.75) is 0 Å². The van der Waals surface area contributed by atoms with E-state index in [1.807, 2.05) is 29.5 Å². The van der Waals surface area contributed by atoms with Crippen molar-refractivity contribution in [1.29, 1.82) is 0 Å². The van der Waals surface area contributed by atoms with Crippen LogP contribution in [0.15, 0.2) is 35.0 Å². The molecular formula is C16H12N6S2. The predicted octanol–water partition coefficient (Wildman–Crippen LogP) is 3.71. The van der Waals surface area contributed by atoms with Crippen LogP contribution in [0.3, 0.4) is 0 Å². The topological polar surface area (TPSA) is 61.4 Å². The molecule has 5 rings (SSSR count). The van der Waals surface area contributed by atoms with Crippen molar-refractivity contribution in [3.05, 3.63) is 35.0 Å². The van der Waals surface area contributed by atoms with E-state index in [0.717, 1.165) is 38.1 Å². The van der Waals surface area contributed by atoms with E-state index in [2.05, 4.69) is 49.6 Å². The van der Waals surface area contributed by atoms with E-state index < -0.39 is 0 Å². The van der Waals surface area contributed by atoms with Gasteiger partial charge in [-0.1, -0.05) is 22.6 Å². The third kappa shape index (κ3) is 1.75. The van der Waals surface area contributed by atoms with Gasteiger partial charge in [-0.2, -0.15) is 0 Å². The molecule has 0 bridgehead atoms.